The molecule has 0 radical (unpaired) electrons. The first-order chi connectivity index (χ1) is 11.0. The Hall–Kier alpha value is -2.62. The average molecular weight is 310 g/mol. The second-order valence-electron chi connectivity index (χ2n) is 5.73. The minimum absolute atomic E-state index is 0.0301. The van der Waals surface area contributed by atoms with Gasteiger partial charge >= 0.3 is 0 Å². The van der Waals surface area contributed by atoms with E-state index in [1.54, 1.807) is 0 Å². The molecule has 0 saturated carbocycles. The standard InChI is InChI=1S/C19H22N2O2/c1-13-8-9-17(10-15(13)3)21-19(23)12-20-18(22)11-16-7-5-4-6-14(16)2/h4-10H,11-12H2,1-3H3,(H,20,22)(H,21,23). The summed E-state index contributed by atoms with van der Waals surface area (Å²) in [5.41, 5.74) is 5.08. The number of hydrogen-bond donors (Lipinski definition) is 2. The van der Waals surface area contributed by atoms with Gasteiger partial charge in [-0.05, 0) is 55.2 Å². The molecule has 0 aromatic heterocycles. The summed E-state index contributed by atoms with van der Waals surface area (Å²) in [6.45, 7) is 5.95. The predicted octanol–water partition coefficient (Wildman–Crippen LogP) is 2.91. The summed E-state index contributed by atoms with van der Waals surface area (Å²) in [7, 11) is 0. The summed E-state index contributed by atoms with van der Waals surface area (Å²) in [6, 6.07) is 13.5. The van der Waals surface area contributed by atoms with Crippen molar-refractivity contribution < 1.29 is 9.59 Å². The van der Waals surface area contributed by atoms with Gasteiger partial charge in [0.2, 0.25) is 11.8 Å². The number of anilines is 1. The molecule has 0 aliphatic heterocycles. The molecular formula is C19H22N2O2. The molecule has 0 aliphatic rings. The van der Waals surface area contributed by atoms with E-state index < -0.39 is 0 Å². The molecule has 0 spiro atoms. The van der Waals surface area contributed by atoms with E-state index in [1.807, 2.05) is 63.2 Å². The van der Waals surface area contributed by atoms with Crippen molar-refractivity contribution in [1.29, 1.82) is 0 Å². The van der Waals surface area contributed by atoms with Crippen LogP contribution < -0.4 is 10.6 Å². The molecule has 2 amide bonds. The van der Waals surface area contributed by atoms with Gasteiger partial charge in [0, 0.05) is 5.69 Å². The highest BCUT2D eigenvalue weighted by atomic mass is 16.2. The average Bonchev–Trinajstić information content (AvgIpc) is 2.51. The van der Waals surface area contributed by atoms with Crippen LogP contribution in [0.15, 0.2) is 42.5 Å². The van der Waals surface area contributed by atoms with Crippen LogP contribution >= 0.6 is 0 Å². The second-order valence-corrected chi connectivity index (χ2v) is 5.73. The van der Waals surface area contributed by atoms with Gasteiger partial charge in [0.1, 0.15) is 0 Å². The molecule has 0 unspecified atom stereocenters. The molecule has 4 nitrogen and oxygen atoms in total. The van der Waals surface area contributed by atoms with Gasteiger partial charge in [0.05, 0.1) is 13.0 Å². The van der Waals surface area contributed by atoms with Gasteiger partial charge in [-0.1, -0.05) is 30.3 Å². The third-order valence-corrected chi connectivity index (χ3v) is 3.85. The molecule has 2 aromatic rings. The zero-order valence-electron chi connectivity index (χ0n) is 13.8. The Kier molecular flexibility index (Phi) is 5.52. The molecule has 0 aliphatic carbocycles. The van der Waals surface area contributed by atoms with Gasteiger partial charge in [-0.3, -0.25) is 9.59 Å². The Bertz CT molecular complexity index is 723. The Morgan fingerprint density at radius 2 is 1.61 bits per heavy atom. The zero-order valence-corrected chi connectivity index (χ0v) is 13.8. The van der Waals surface area contributed by atoms with E-state index in [-0.39, 0.29) is 24.8 Å². The third-order valence-electron chi connectivity index (χ3n) is 3.85. The molecule has 0 heterocycles. The Morgan fingerprint density at radius 3 is 2.30 bits per heavy atom. The van der Waals surface area contributed by atoms with Gasteiger partial charge in [0.25, 0.3) is 0 Å². The lowest BCUT2D eigenvalue weighted by atomic mass is 10.1. The fraction of sp³-hybridized carbons (Fsp3) is 0.263. The van der Waals surface area contributed by atoms with Crippen molar-refractivity contribution in [3.05, 3.63) is 64.7 Å². The van der Waals surface area contributed by atoms with Crippen LogP contribution in [0.5, 0.6) is 0 Å². The van der Waals surface area contributed by atoms with Crippen LogP contribution in [0.1, 0.15) is 22.3 Å². The van der Waals surface area contributed by atoms with Crippen molar-refractivity contribution >= 4 is 17.5 Å². The summed E-state index contributed by atoms with van der Waals surface area (Å²) in [5, 5.41) is 5.44. The number of aryl methyl sites for hydroxylation is 3. The highest BCUT2D eigenvalue weighted by molar-refractivity contribution is 5.94. The second kappa shape index (κ2) is 7.58. The number of benzene rings is 2. The van der Waals surface area contributed by atoms with E-state index in [4.69, 9.17) is 0 Å². The van der Waals surface area contributed by atoms with Crippen LogP contribution in [-0.4, -0.2) is 18.4 Å². The number of hydrogen-bond acceptors (Lipinski definition) is 2. The highest BCUT2D eigenvalue weighted by Crippen LogP contribution is 2.13. The zero-order chi connectivity index (χ0) is 16.8. The maximum absolute atomic E-state index is 11.9. The molecule has 0 saturated heterocycles. The highest BCUT2D eigenvalue weighted by Gasteiger charge is 2.08. The fourth-order valence-corrected chi connectivity index (χ4v) is 2.25. The van der Waals surface area contributed by atoms with E-state index in [1.165, 1.54) is 5.56 Å². The lowest BCUT2D eigenvalue weighted by Crippen LogP contribution is -2.33. The van der Waals surface area contributed by atoms with E-state index in [9.17, 15) is 9.59 Å². The monoisotopic (exact) mass is 310 g/mol. The summed E-state index contributed by atoms with van der Waals surface area (Å²) in [4.78, 5) is 23.8. The molecule has 2 N–H and O–H groups in total. The third kappa shape index (κ3) is 4.95. The molecular weight excluding hydrogens is 288 g/mol. The minimum Gasteiger partial charge on any atom is -0.347 e. The van der Waals surface area contributed by atoms with Crippen LogP contribution in [0.25, 0.3) is 0 Å². The van der Waals surface area contributed by atoms with Gasteiger partial charge < -0.3 is 10.6 Å². The topological polar surface area (TPSA) is 58.2 Å². The van der Waals surface area contributed by atoms with Gasteiger partial charge in [-0.25, -0.2) is 0 Å². The van der Waals surface area contributed by atoms with E-state index >= 15 is 0 Å². The first-order valence-electron chi connectivity index (χ1n) is 7.64. The molecule has 0 atom stereocenters. The van der Waals surface area contributed by atoms with Crippen LogP contribution in [0.4, 0.5) is 5.69 Å². The lowest BCUT2D eigenvalue weighted by Gasteiger charge is -2.09. The number of amides is 2. The molecule has 120 valence electrons. The summed E-state index contributed by atoms with van der Waals surface area (Å²) < 4.78 is 0. The van der Waals surface area contributed by atoms with Crippen molar-refractivity contribution in [2.24, 2.45) is 0 Å². The van der Waals surface area contributed by atoms with Crippen molar-refractivity contribution in [2.75, 3.05) is 11.9 Å². The van der Waals surface area contributed by atoms with Gasteiger partial charge in [-0.15, -0.1) is 0 Å². The maximum Gasteiger partial charge on any atom is 0.243 e. The molecule has 23 heavy (non-hydrogen) atoms. The quantitative estimate of drug-likeness (QED) is 0.892. The van der Waals surface area contributed by atoms with E-state index in [2.05, 4.69) is 10.6 Å². The van der Waals surface area contributed by atoms with Crippen LogP contribution in [-0.2, 0) is 16.0 Å². The summed E-state index contributed by atoms with van der Waals surface area (Å²) in [5.74, 6) is -0.388. The molecule has 2 rings (SSSR count). The Morgan fingerprint density at radius 1 is 0.870 bits per heavy atom. The van der Waals surface area contributed by atoms with Crippen LogP contribution in [0.3, 0.4) is 0 Å². The SMILES string of the molecule is Cc1ccc(NC(=O)CNC(=O)Cc2ccccc2C)cc1C. The van der Waals surface area contributed by atoms with E-state index in [0.717, 1.165) is 22.4 Å². The number of carbonyl (C=O) groups is 2. The van der Waals surface area contributed by atoms with Gasteiger partial charge in [-0.2, -0.15) is 0 Å². The molecule has 2 aromatic carbocycles. The normalized spacial score (nSPS) is 10.2. The Labute approximate surface area is 136 Å². The van der Waals surface area contributed by atoms with Crippen molar-refractivity contribution in [1.82, 2.24) is 5.32 Å². The number of nitrogens with one attached hydrogen (secondary N) is 2. The number of rotatable bonds is 5. The first-order valence-corrected chi connectivity index (χ1v) is 7.64. The molecule has 0 bridgehead atoms. The first kappa shape index (κ1) is 16.7. The van der Waals surface area contributed by atoms with Crippen molar-refractivity contribution in [2.45, 2.75) is 27.2 Å². The predicted molar refractivity (Wildman–Crippen MR) is 92.4 cm³/mol. The van der Waals surface area contributed by atoms with Crippen molar-refractivity contribution in [3.8, 4) is 0 Å². The van der Waals surface area contributed by atoms with Crippen LogP contribution in [0, 0.1) is 20.8 Å². The van der Waals surface area contributed by atoms with E-state index in [0.29, 0.717) is 0 Å². The summed E-state index contributed by atoms with van der Waals surface area (Å²) in [6.07, 6.45) is 0.281. The van der Waals surface area contributed by atoms with Crippen molar-refractivity contribution in [3.63, 3.8) is 0 Å². The van der Waals surface area contributed by atoms with Crippen LogP contribution in [0.2, 0.25) is 0 Å². The maximum atomic E-state index is 11.9. The number of carbonyl (C=O) groups excluding carboxylic acids is 2. The Balaban J connectivity index is 1.83. The fourth-order valence-electron chi connectivity index (χ4n) is 2.25. The molecule has 4 heteroatoms. The largest absolute Gasteiger partial charge is 0.347 e. The summed E-state index contributed by atoms with van der Waals surface area (Å²) >= 11 is 0. The van der Waals surface area contributed by atoms with Gasteiger partial charge in [0.15, 0.2) is 0 Å². The lowest BCUT2D eigenvalue weighted by molar-refractivity contribution is -0.123. The smallest absolute Gasteiger partial charge is 0.243 e. The minimum atomic E-state index is -0.230. The molecule has 0 fully saturated rings.